The number of carbonyl (C=O) groups excluding carboxylic acids is 2. The first kappa shape index (κ1) is 23.8. The Hall–Kier alpha value is -2.89. The lowest BCUT2D eigenvalue weighted by molar-refractivity contribution is -0.117. The van der Waals surface area contributed by atoms with Crippen molar-refractivity contribution in [3.05, 3.63) is 54.1 Å². The molecule has 0 radical (unpaired) electrons. The van der Waals surface area contributed by atoms with E-state index in [0.717, 1.165) is 23.9 Å². The number of fused-ring (bicyclic) bond motifs is 1. The molecule has 0 saturated carbocycles. The number of nitrogens with zero attached hydrogens (tertiary/aromatic N) is 2. The molecule has 11 heteroatoms. The molecule has 0 bridgehead atoms. The molecule has 1 heterocycles. The van der Waals surface area contributed by atoms with Crippen LogP contribution in [-0.2, 0) is 27.9 Å². The number of imide groups is 1. The van der Waals surface area contributed by atoms with Crippen LogP contribution in [0.15, 0.2) is 58.6 Å². The lowest BCUT2D eigenvalue weighted by atomic mass is 10.2. The number of primary sulfonamides is 1. The topological polar surface area (TPSA) is 136 Å². The van der Waals surface area contributed by atoms with Crippen LogP contribution in [0.5, 0.6) is 0 Å². The summed E-state index contributed by atoms with van der Waals surface area (Å²) in [5.74, 6) is -0.476. The first-order chi connectivity index (χ1) is 15.3. The van der Waals surface area contributed by atoms with E-state index < -0.39 is 22.0 Å². The van der Waals surface area contributed by atoms with Gasteiger partial charge < -0.3 is 9.88 Å². The zero-order valence-electron chi connectivity index (χ0n) is 17.6. The molecule has 3 rings (SSSR count). The van der Waals surface area contributed by atoms with Crippen molar-refractivity contribution in [1.29, 1.82) is 0 Å². The number of hydrogen-bond acceptors (Lipinski definition) is 6. The van der Waals surface area contributed by atoms with Crippen molar-refractivity contribution in [1.82, 2.24) is 20.2 Å². The molecule has 3 amide bonds. The average Bonchev–Trinajstić information content (AvgIpc) is 3.11. The number of sulfonamides is 1. The number of aryl methyl sites for hydroxylation is 1. The third-order valence-electron chi connectivity index (χ3n) is 4.63. The van der Waals surface area contributed by atoms with Gasteiger partial charge in [0.15, 0.2) is 5.16 Å². The van der Waals surface area contributed by atoms with Crippen molar-refractivity contribution in [2.24, 2.45) is 5.14 Å². The van der Waals surface area contributed by atoms with Gasteiger partial charge in [-0.15, -0.1) is 0 Å². The molecule has 2 aromatic carbocycles. The largest absolute Gasteiger partial charge is 0.334 e. The van der Waals surface area contributed by atoms with Crippen LogP contribution in [0.25, 0.3) is 11.0 Å². The number of amides is 3. The molecule has 0 atom stereocenters. The Labute approximate surface area is 190 Å². The van der Waals surface area contributed by atoms with Crippen LogP contribution in [0.1, 0.15) is 25.3 Å². The van der Waals surface area contributed by atoms with Crippen LogP contribution in [0.2, 0.25) is 0 Å². The maximum absolute atomic E-state index is 12.2. The molecular weight excluding hydrogens is 450 g/mol. The molecule has 0 unspecified atom stereocenters. The minimum absolute atomic E-state index is 0.0176. The number of carbonyl (C=O) groups is 2. The van der Waals surface area contributed by atoms with Crippen molar-refractivity contribution in [2.75, 3.05) is 5.75 Å². The summed E-state index contributed by atoms with van der Waals surface area (Å²) < 4.78 is 25.2. The predicted octanol–water partition coefficient (Wildman–Crippen LogP) is 2.60. The van der Waals surface area contributed by atoms with Crippen molar-refractivity contribution in [2.45, 2.75) is 42.9 Å². The molecule has 170 valence electrons. The quantitative estimate of drug-likeness (QED) is 0.407. The standard InChI is InChI=1S/C21H25N5O4S2/c1-2-3-11-26-18-10-9-16(32(22,29)30)12-17(18)24-21(26)31-14-19(27)25-20(28)23-13-15-7-5-4-6-8-15/h4-10,12H,2-3,11,13-14H2,1H3,(H2,22,29,30)(H2,23,25,27,28). The Morgan fingerprint density at radius 3 is 2.59 bits per heavy atom. The summed E-state index contributed by atoms with van der Waals surface area (Å²) >= 11 is 1.18. The first-order valence-electron chi connectivity index (χ1n) is 10.1. The highest BCUT2D eigenvalue weighted by Crippen LogP contribution is 2.26. The summed E-state index contributed by atoms with van der Waals surface area (Å²) in [7, 11) is -3.84. The zero-order chi connectivity index (χ0) is 23.1. The molecule has 4 N–H and O–H groups in total. The molecule has 0 saturated heterocycles. The van der Waals surface area contributed by atoms with E-state index in [9.17, 15) is 18.0 Å². The number of nitrogens with one attached hydrogen (secondary N) is 2. The SMILES string of the molecule is CCCCn1c(SCC(=O)NC(=O)NCc2ccccc2)nc2cc(S(N)(=O)=O)ccc21. The van der Waals surface area contributed by atoms with E-state index in [1.165, 1.54) is 23.9 Å². The van der Waals surface area contributed by atoms with Crippen LogP contribution in [0, 0.1) is 0 Å². The van der Waals surface area contributed by atoms with Gasteiger partial charge >= 0.3 is 6.03 Å². The van der Waals surface area contributed by atoms with E-state index in [2.05, 4.69) is 22.5 Å². The second kappa shape index (κ2) is 10.6. The number of hydrogen-bond donors (Lipinski definition) is 3. The summed E-state index contributed by atoms with van der Waals surface area (Å²) in [5.41, 5.74) is 2.17. The Morgan fingerprint density at radius 1 is 1.16 bits per heavy atom. The van der Waals surface area contributed by atoms with Crippen molar-refractivity contribution in [3.8, 4) is 0 Å². The lowest BCUT2D eigenvalue weighted by Gasteiger charge is -2.09. The molecule has 9 nitrogen and oxygen atoms in total. The van der Waals surface area contributed by atoms with Crippen molar-refractivity contribution < 1.29 is 18.0 Å². The van der Waals surface area contributed by atoms with Crippen LogP contribution in [0.3, 0.4) is 0 Å². The highest BCUT2D eigenvalue weighted by atomic mass is 32.2. The van der Waals surface area contributed by atoms with Gasteiger partial charge in [-0.3, -0.25) is 10.1 Å². The van der Waals surface area contributed by atoms with Gasteiger partial charge in [0.05, 0.1) is 21.7 Å². The summed E-state index contributed by atoms with van der Waals surface area (Å²) in [4.78, 5) is 28.7. The minimum atomic E-state index is -3.84. The molecule has 0 fully saturated rings. The zero-order valence-corrected chi connectivity index (χ0v) is 19.2. The molecule has 0 aliphatic carbocycles. The molecule has 1 aromatic heterocycles. The Morgan fingerprint density at radius 2 is 1.91 bits per heavy atom. The third kappa shape index (κ3) is 6.31. The van der Waals surface area contributed by atoms with Gasteiger partial charge in [-0.25, -0.2) is 23.3 Å². The third-order valence-corrected chi connectivity index (χ3v) is 6.52. The normalized spacial score (nSPS) is 11.4. The summed E-state index contributed by atoms with van der Waals surface area (Å²) in [6.07, 6.45) is 1.85. The maximum Gasteiger partial charge on any atom is 0.321 e. The second-order valence-electron chi connectivity index (χ2n) is 7.10. The lowest BCUT2D eigenvalue weighted by Crippen LogP contribution is -2.40. The predicted molar refractivity (Wildman–Crippen MR) is 124 cm³/mol. The summed E-state index contributed by atoms with van der Waals surface area (Å²) in [6, 6.07) is 13.3. The van der Waals surface area contributed by atoms with Gasteiger partial charge in [0.1, 0.15) is 0 Å². The molecule has 3 aromatic rings. The maximum atomic E-state index is 12.2. The molecule has 32 heavy (non-hydrogen) atoms. The van der Waals surface area contributed by atoms with Gasteiger partial charge in [0.25, 0.3) is 0 Å². The Kier molecular flexibility index (Phi) is 7.89. The van der Waals surface area contributed by atoms with Crippen LogP contribution in [-0.4, -0.2) is 35.7 Å². The van der Waals surface area contributed by atoms with E-state index in [1.54, 1.807) is 6.07 Å². The number of nitrogens with two attached hydrogens (primary N) is 1. The number of rotatable bonds is 9. The van der Waals surface area contributed by atoms with Gasteiger partial charge in [0.2, 0.25) is 15.9 Å². The van der Waals surface area contributed by atoms with E-state index in [0.29, 0.717) is 23.8 Å². The summed E-state index contributed by atoms with van der Waals surface area (Å²) in [5, 5.41) is 10.7. The van der Waals surface area contributed by atoms with Crippen molar-refractivity contribution >= 4 is 44.8 Å². The van der Waals surface area contributed by atoms with Crippen LogP contribution < -0.4 is 15.8 Å². The number of aromatic nitrogens is 2. The fourth-order valence-corrected chi connectivity index (χ4v) is 4.40. The van der Waals surface area contributed by atoms with Gasteiger partial charge in [-0.05, 0) is 30.2 Å². The molecular formula is C21H25N5O4S2. The average molecular weight is 476 g/mol. The Balaban J connectivity index is 1.65. The monoisotopic (exact) mass is 475 g/mol. The number of imidazole rings is 1. The van der Waals surface area contributed by atoms with E-state index in [4.69, 9.17) is 5.14 Å². The summed E-state index contributed by atoms with van der Waals surface area (Å²) in [6.45, 7) is 3.04. The number of urea groups is 1. The smallest absolute Gasteiger partial charge is 0.321 e. The fraction of sp³-hybridized carbons (Fsp3) is 0.286. The fourth-order valence-electron chi connectivity index (χ4n) is 3.02. The van der Waals surface area contributed by atoms with Gasteiger partial charge in [-0.1, -0.05) is 55.4 Å². The van der Waals surface area contributed by atoms with Crippen LogP contribution in [0.4, 0.5) is 4.79 Å². The first-order valence-corrected chi connectivity index (χ1v) is 12.6. The number of thioether (sulfide) groups is 1. The second-order valence-corrected chi connectivity index (χ2v) is 9.60. The minimum Gasteiger partial charge on any atom is -0.334 e. The molecule has 0 aliphatic heterocycles. The van der Waals surface area contributed by atoms with Gasteiger partial charge in [0, 0.05) is 13.1 Å². The number of benzene rings is 2. The highest BCUT2D eigenvalue weighted by Gasteiger charge is 2.17. The number of unbranched alkanes of at least 4 members (excludes halogenated alkanes) is 1. The van der Waals surface area contributed by atoms with E-state index >= 15 is 0 Å². The highest BCUT2D eigenvalue weighted by molar-refractivity contribution is 7.99. The molecule has 0 spiro atoms. The van der Waals surface area contributed by atoms with Crippen LogP contribution >= 0.6 is 11.8 Å². The van der Waals surface area contributed by atoms with Gasteiger partial charge in [-0.2, -0.15) is 0 Å². The molecule has 0 aliphatic rings. The van der Waals surface area contributed by atoms with E-state index in [-0.39, 0.29) is 10.6 Å². The van der Waals surface area contributed by atoms with E-state index in [1.807, 2.05) is 34.9 Å². The van der Waals surface area contributed by atoms with Crippen molar-refractivity contribution in [3.63, 3.8) is 0 Å². The Bertz CT molecular complexity index is 1210.